The predicted octanol–water partition coefficient (Wildman–Crippen LogP) is 3.88. The smallest absolute Gasteiger partial charge is 0.183 e. The molecule has 1 N–H and O–H groups in total. The van der Waals surface area contributed by atoms with Gasteiger partial charge in [-0.1, -0.05) is 38.1 Å². The molecule has 0 aliphatic heterocycles. The van der Waals surface area contributed by atoms with Crippen molar-refractivity contribution in [1.29, 1.82) is 0 Å². The maximum atomic E-state index is 4.48. The molecule has 0 saturated carbocycles. The van der Waals surface area contributed by atoms with Crippen molar-refractivity contribution in [3.8, 4) is 0 Å². The third kappa shape index (κ3) is 3.30. The number of benzene rings is 1. The maximum Gasteiger partial charge on any atom is 0.183 e. The zero-order valence-electron chi connectivity index (χ0n) is 10.4. The average molecular weight is 246 g/mol. The summed E-state index contributed by atoms with van der Waals surface area (Å²) < 4.78 is 0. The lowest BCUT2D eigenvalue weighted by Crippen LogP contribution is -1.99. The molecule has 0 amide bonds. The van der Waals surface area contributed by atoms with E-state index >= 15 is 0 Å². The molecular weight excluding hydrogens is 228 g/mol. The summed E-state index contributed by atoms with van der Waals surface area (Å²) in [5.41, 5.74) is 3.85. The van der Waals surface area contributed by atoms with E-state index in [0.717, 1.165) is 24.5 Å². The van der Waals surface area contributed by atoms with Crippen LogP contribution in [0.4, 0.5) is 5.13 Å². The first-order chi connectivity index (χ1) is 8.31. The predicted molar refractivity (Wildman–Crippen MR) is 74.6 cm³/mol. The van der Waals surface area contributed by atoms with Gasteiger partial charge in [-0.15, -0.1) is 11.3 Å². The van der Waals surface area contributed by atoms with E-state index in [2.05, 4.69) is 53.8 Å². The lowest BCUT2D eigenvalue weighted by molar-refractivity contribution is 1.04. The molecule has 0 radical (unpaired) electrons. The van der Waals surface area contributed by atoms with E-state index in [0.29, 0.717) is 0 Å². The zero-order chi connectivity index (χ0) is 12.1. The standard InChI is InChI=1S/C14H18N2S/c1-3-11-5-7-12(8-6-11)9-15-14-16-13(4-2)10-17-14/h5-8,10H,3-4,9H2,1-2H3,(H,15,16). The molecule has 1 aromatic carbocycles. The van der Waals surface area contributed by atoms with Crippen LogP contribution in [0.15, 0.2) is 29.6 Å². The van der Waals surface area contributed by atoms with Crippen LogP contribution in [0.2, 0.25) is 0 Å². The van der Waals surface area contributed by atoms with Gasteiger partial charge in [-0.05, 0) is 24.0 Å². The molecule has 90 valence electrons. The Labute approximate surface area is 107 Å². The van der Waals surface area contributed by atoms with Crippen LogP contribution >= 0.6 is 11.3 Å². The van der Waals surface area contributed by atoms with Crippen LogP contribution in [0, 0.1) is 0 Å². The van der Waals surface area contributed by atoms with E-state index in [1.54, 1.807) is 11.3 Å². The molecule has 17 heavy (non-hydrogen) atoms. The third-order valence-corrected chi connectivity index (χ3v) is 3.64. The second-order valence-corrected chi connectivity index (χ2v) is 4.88. The molecule has 0 fully saturated rings. The Morgan fingerprint density at radius 3 is 2.35 bits per heavy atom. The summed E-state index contributed by atoms with van der Waals surface area (Å²) in [5, 5.41) is 6.49. The van der Waals surface area contributed by atoms with Gasteiger partial charge >= 0.3 is 0 Å². The van der Waals surface area contributed by atoms with E-state index in [4.69, 9.17) is 0 Å². The van der Waals surface area contributed by atoms with Crippen molar-refractivity contribution in [2.45, 2.75) is 33.2 Å². The lowest BCUT2D eigenvalue weighted by atomic mass is 10.1. The van der Waals surface area contributed by atoms with Gasteiger partial charge in [0, 0.05) is 11.9 Å². The van der Waals surface area contributed by atoms with Gasteiger partial charge < -0.3 is 5.32 Å². The highest BCUT2D eigenvalue weighted by atomic mass is 32.1. The first-order valence-electron chi connectivity index (χ1n) is 6.08. The molecule has 1 aromatic heterocycles. The van der Waals surface area contributed by atoms with Crippen LogP contribution in [-0.4, -0.2) is 4.98 Å². The van der Waals surface area contributed by atoms with Crippen LogP contribution in [0.25, 0.3) is 0 Å². The number of rotatable bonds is 5. The van der Waals surface area contributed by atoms with Gasteiger partial charge in [0.2, 0.25) is 0 Å². The normalized spacial score (nSPS) is 10.5. The minimum Gasteiger partial charge on any atom is -0.357 e. The van der Waals surface area contributed by atoms with Crippen molar-refractivity contribution < 1.29 is 0 Å². The van der Waals surface area contributed by atoms with E-state index in [-0.39, 0.29) is 0 Å². The molecule has 0 spiro atoms. The molecule has 0 saturated heterocycles. The second kappa shape index (κ2) is 5.82. The van der Waals surface area contributed by atoms with E-state index in [1.165, 1.54) is 16.8 Å². The first-order valence-corrected chi connectivity index (χ1v) is 6.96. The number of hydrogen-bond acceptors (Lipinski definition) is 3. The number of thiazole rings is 1. The van der Waals surface area contributed by atoms with E-state index in [9.17, 15) is 0 Å². The molecule has 3 heteroatoms. The summed E-state index contributed by atoms with van der Waals surface area (Å²) in [6.07, 6.45) is 2.10. The zero-order valence-corrected chi connectivity index (χ0v) is 11.2. The topological polar surface area (TPSA) is 24.9 Å². The van der Waals surface area contributed by atoms with Gasteiger partial charge in [-0.25, -0.2) is 4.98 Å². The number of nitrogens with zero attached hydrogens (tertiary/aromatic N) is 1. The SMILES string of the molecule is CCc1ccc(CNc2nc(CC)cs2)cc1. The summed E-state index contributed by atoms with van der Waals surface area (Å²) in [5.74, 6) is 0. The number of aromatic nitrogens is 1. The summed E-state index contributed by atoms with van der Waals surface area (Å²) in [6, 6.07) is 8.74. The van der Waals surface area contributed by atoms with Crippen molar-refractivity contribution in [2.75, 3.05) is 5.32 Å². The van der Waals surface area contributed by atoms with Gasteiger partial charge in [0.05, 0.1) is 5.69 Å². The molecule has 2 nitrogen and oxygen atoms in total. The fraction of sp³-hybridized carbons (Fsp3) is 0.357. The highest BCUT2D eigenvalue weighted by molar-refractivity contribution is 7.13. The Kier molecular flexibility index (Phi) is 4.15. The molecule has 0 aliphatic rings. The van der Waals surface area contributed by atoms with E-state index < -0.39 is 0 Å². The van der Waals surface area contributed by atoms with Crippen LogP contribution in [0.1, 0.15) is 30.7 Å². The second-order valence-electron chi connectivity index (χ2n) is 4.02. The molecular formula is C14H18N2S. The average Bonchev–Trinajstić information content (AvgIpc) is 2.85. The van der Waals surface area contributed by atoms with E-state index in [1.807, 2.05) is 0 Å². The van der Waals surface area contributed by atoms with Crippen LogP contribution < -0.4 is 5.32 Å². The van der Waals surface area contributed by atoms with Crippen molar-refractivity contribution >= 4 is 16.5 Å². The largest absolute Gasteiger partial charge is 0.357 e. The Morgan fingerprint density at radius 1 is 1.06 bits per heavy atom. The highest BCUT2D eigenvalue weighted by Gasteiger charge is 1.99. The third-order valence-electron chi connectivity index (χ3n) is 2.79. The molecule has 2 rings (SSSR count). The Morgan fingerprint density at radius 2 is 1.76 bits per heavy atom. The Hall–Kier alpha value is -1.35. The van der Waals surface area contributed by atoms with Crippen LogP contribution in [0.5, 0.6) is 0 Å². The molecule has 0 aliphatic carbocycles. The van der Waals surface area contributed by atoms with Crippen molar-refractivity contribution in [3.05, 3.63) is 46.5 Å². The number of hydrogen-bond donors (Lipinski definition) is 1. The van der Waals surface area contributed by atoms with Gasteiger partial charge in [0.25, 0.3) is 0 Å². The maximum absolute atomic E-state index is 4.48. The minimum atomic E-state index is 0.848. The first kappa shape index (κ1) is 12.1. The molecule has 1 heterocycles. The fourth-order valence-corrected chi connectivity index (χ4v) is 2.41. The molecule has 0 bridgehead atoms. The molecule has 0 unspecified atom stereocenters. The van der Waals surface area contributed by atoms with Gasteiger partial charge in [-0.2, -0.15) is 0 Å². The van der Waals surface area contributed by atoms with Crippen molar-refractivity contribution in [2.24, 2.45) is 0 Å². The highest BCUT2D eigenvalue weighted by Crippen LogP contribution is 2.16. The van der Waals surface area contributed by atoms with Gasteiger partial charge in [0.1, 0.15) is 0 Å². The Bertz CT molecular complexity index is 459. The summed E-state index contributed by atoms with van der Waals surface area (Å²) >= 11 is 1.68. The lowest BCUT2D eigenvalue weighted by Gasteiger charge is -2.03. The number of nitrogens with one attached hydrogen (secondary N) is 1. The minimum absolute atomic E-state index is 0.848. The fourth-order valence-electron chi connectivity index (χ4n) is 1.62. The number of aryl methyl sites for hydroxylation is 2. The van der Waals surface area contributed by atoms with Gasteiger partial charge in [-0.3, -0.25) is 0 Å². The number of anilines is 1. The molecule has 0 atom stereocenters. The molecule has 2 aromatic rings. The summed E-state index contributed by atoms with van der Waals surface area (Å²) in [4.78, 5) is 4.48. The van der Waals surface area contributed by atoms with Gasteiger partial charge in [0.15, 0.2) is 5.13 Å². The summed E-state index contributed by atoms with van der Waals surface area (Å²) in [7, 11) is 0. The quantitative estimate of drug-likeness (QED) is 0.866. The Balaban J connectivity index is 1.92. The van der Waals surface area contributed by atoms with Crippen LogP contribution in [-0.2, 0) is 19.4 Å². The van der Waals surface area contributed by atoms with Crippen molar-refractivity contribution in [3.63, 3.8) is 0 Å². The van der Waals surface area contributed by atoms with Crippen molar-refractivity contribution in [1.82, 2.24) is 4.98 Å². The van der Waals surface area contributed by atoms with Crippen LogP contribution in [0.3, 0.4) is 0 Å². The summed E-state index contributed by atoms with van der Waals surface area (Å²) in [6.45, 7) is 5.15. The monoisotopic (exact) mass is 246 g/mol.